The highest BCUT2D eigenvalue weighted by Crippen LogP contribution is 2.19. The molecular formula is C14H22F2N2O. The van der Waals surface area contributed by atoms with Crippen LogP contribution in [0.4, 0.5) is 8.78 Å². The summed E-state index contributed by atoms with van der Waals surface area (Å²) < 4.78 is 25.9. The molecule has 5 heteroatoms. The maximum absolute atomic E-state index is 13.1. The van der Waals surface area contributed by atoms with Gasteiger partial charge in [0.15, 0.2) is 11.6 Å². The van der Waals surface area contributed by atoms with Crippen molar-refractivity contribution in [2.75, 3.05) is 27.2 Å². The van der Waals surface area contributed by atoms with E-state index in [1.54, 1.807) is 0 Å². The molecule has 0 spiro atoms. The molecule has 1 aromatic rings. The number of benzene rings is 1. The van der Waals surface area contributed by atoms with E-state index in [1.807, 2.05) is 21.0 Å². The van der Waals surface area contributed by atoms with Gasteiger partial charge in [-0.1, -0.05) is 6.07 Å². The zero-order valence-electron chi connectivity index (χ0n) is 11.7. The van der Waals surface area contributed by atoms with Gasteiger partial charge in [-0.25, -0.2) is 8.78 Å². The number of hydrogen-bond donors (Lipinski definition) is 2. The average molecular weight is 272 g/mol. The van der Waals surface area contributed by atoms with Crippen molar-refractivity contribution < 1.29 is 13.9 Å². The number of nitrogens with zero attached hydrogens (tertiary/aromatic N) is 1. The lowest BCUT2D eigenvalue weighted by Crippen LogP contribution is -2.34. The first kappa shape index (κ1) is 16.0. The molecule has 0 aliphatic rings. The van der Waals surface area contributed by atoms with Gasteiger partial charge in [-0.15, -0.1) is 0 Å². The van der Waals surface area contributed by atoms with E-state index in [2.05, 4.69) is 10.2 Å². The number of aliphatic hydroxyl groups excluding tert-OH is 1. The third-order valence-corrected chi connectivity index (χ3v) is 3.01. The number of halogens is 2. The van der Waals surface area contributed by atoms with Crippen LogP contribution in [0.15, 0.2) is 18.2 Å². The van der Waals surface area contributed by atoms with Crippen LogP contribution in [0.3, 0.4) is 0 Å². The third-order valence-electron chi connectivity index (χ3n) is 3.01. The summed E-state index contributed by atoms with van der Waals surface area (Å²) in [4.78, 5) is 2.08. The Labute approximate surface area is 113 Å². The number of rotatable bonds is 7. The summed E-state index contributed by atoms with van der Waals surface area (Å²) in [7, 11) is 4.00. The Balaban J connectivity index is 2.47. The topological polar surface area (TPSA) is 35.5 Å². The molecule has 0 radical (unpaired) electrons. The SMILES string of the molecule is CC(NCCCN(C)C)C(O)c1ccc(F)c(F)c1. The molecule has 0 bridgehead atoms. The smallest absolute Gasteiger partial charge is 0.159 e. The molecule has 0 heterocycles. The second-order valence-corrected chi connectivity index (χ2v) is 5.02. The van der Waals surface area contributed by atoms with Gasteiger partial charge in [0, 0.05) is 6.04 Å². The zero-order chi connectivity index (χ0) is 14.4. The first-order valence-corrected chi connectivity index (χ1v) is 6.43. The molecule has 2 atom stereocenters. The van der Waals surface area contributed by atoms with Gasteiger partial charge >= 0.3 is 0 Å². The lowest BCUT2D eigenvalue weighted by Gasteiger charge is -2.21. The van der Waals surface area contributed by atoms with Gasteiger partial charge in [-0.3, -0.25) is 0 Å². The first-order chi connectivity index (χ1) is 8.91. The Morgan fingerprint density at radius 2 is 1.95 bits per heavy atom. The summed E-state index contributed by atoms with van der Waals surface area (Å²) in [6.45, 7) is 3.54. The maximum Gasteiger partial charge on any atom is 0.159 e. The van der Waals surface area contributed by atoms with Crippen molar-refractivity contribution in [3.8, 4) is 0 Å². The molecule has 0 aliphatic carbocycles. The van der Waals surface area contributed by atoms with Crippen LogP contribution in [0.1, 0.15) is 25.0 Å². The predicted molar refractivity (Wildman–Crippen MR) is 72.0 cm³/mol. The van der Waals surface area contributed by atoms with Crippen LogP contribution >= 0.6 is 0 Å². The van der Waals surface area contributed by atoms with Crippen LogP contribution in [0.25, 0.3) is 0 Å². The van der Waals surface area contributed by atoms with E-state index in [0.29, 0.717) is 5.56 Å². The molecule has 2 unspecified atom stereocenters. The highest BCUT2D eigenvalue weighted by Gasteiger charge is 2.17. The largest absolute Gasteiger partial charge is 0.387 e. The van der Waals surface area contributed by atoms with E-state index in [-0.39, 0.29) is 6.04 Å². The normalized spacial score (nSPS) is 14.7. The van der Waals surface area contributed by atoms with E-state index < -0.39 is 17.7 Å². The van der Waals surface area contributed by atoms with Gasteiger partial charge in [0.1, 0.15) is 0 Å². The van der Waals surface area contributed by atoms with E-state index in [4.69, 9.17) is 0 Å². The molecule has 2 N–H and O–H groups in total. The molecular weight excluding hydrogens is 250 g/mol. The van der Waals surface area contributed by atoms with Gasteiger partial charge in [-0.05, 0) is 58.2 Å². The van der Waals surface area contributed by atoms with Crippen molar-refractivity contribution in [2.45, 2.75) is 25.5 Å². The fourth-order valence-electron chi connectivity index (χ4n) is 1.82. The Morgan fingerprint density at radius 3 is 2.53 bits per heavy atom. The second kappa shape index (κ2) is 7.53. The molecule has 0 saturated carbocycles. The maximum atomic E-state index is 13.1. The molecule has 0 aliphatic heterocycles. The molecule has 1 aromatic carbocycles. The zero-order valence-corrected chi connectivity index (χ0v) is 11.7. The number of nitrogens with one attached hydrogen (secondary N) is 1. The monoisotopic (exact) mass is 272 g/mol. The van der Waals surface area contributed by atoms with E-state index in [1.165, 1.54) is 6.07 Å². The summed E-state index contributed by atoms with van der Waals surface area (Å²) in [6, 6.07) is 3.26. The Morgan fingerprint density at radius 1 is 1.26 bits per heavy atom. The fraction of sp³-hybridized carbons (Fsp3) is 0.571. The second-order valence-electron chi connectivity index (χ2n) is 5.02. The molecule has 0 amide bonds. The molecule has 0 saturated heterocycles. The Kier molecular flexibility index (Phi) is 6.34. The standard InChI is InChI=1S/C14H22F2N2O/c1-10(17-7-4-8-18(2)3)14(19)11-5-6-12(15)13(16)9-11/h5-6,9-10,14,17,19H,4,7-8H2,1-3H3. The van der Waals surface area contributed by atoms with Crippen LogP contribution in [0, 0.1) is 11.6 Å². The molecule has 0 aromatic heterocycles. The van der Waals surface area contributed by atoms with Crippen molar-refractivity contribution in [1.82, 2.24) is 10.2 Å². The third kappa shape index (κ3) is 5.22. The van der Waals surface area contributed by atoms with Crippen molar-refractivity contribution in [3.63, 3.8) is 0 Å². The molecule has 108 valence electrons. The summed E-state index contributed by atoms with van der Waals surface area (Å²) in [6.07, 6.45) is 0.108. The van der Waals surface area contributed by atoms with Gasteiger partial charge in [-0.2, -0.15) is 0 Å². The van der Waals surface area contributed by atoms with Crippen LogP contribution in [0.2, 0.25) is 0 Å². The summed E-state index contributed by atoms with van der Waals surface area (Å²) in [5.74, 6) is -1.83. The molecule has 0 fully saturated rings. The minimum Gasteiger partial charge on any atom is -0.387 e. The van der Waals surface area contributed by atoms with E-state index >= 15 is 0 Å². The Hall–Kier alpha value is -1.04. The van der Waals surface area contributed by atoms with Crippen LogP contribution < -0.4 is 5.32 Å². The minimum atomic E-state index is -0.934. The van der Waals surface area contributed by atoms with Crippen molar-refractivity contribution in [3.05, 3.63) is 35.4 Å². The van der Waals surface area contributed by atoms with Crippen LogP contribution in [-0.4, -0.2) is 43.2 Å². The lowest BCUT2D eigenvalue weighted by molar-refractivity contribution is 0.135. The highest BCUT2D eigenvalue weighted by atomic mass is 19.2. The van der Waals surface area contributed by atoms with Crippen LogP contribution in [-0.2, 0) is 0 Å². The van der Waals surface area contributed by atoms with Crippen LogP contribution in [0.5, 0.6) is 0 Å². The summed E-state index contributed by atoms with van der Waals surface area (Å²) in [5.41, 5.74) is 0.381. The predicted octanol–water partition coefficient (Wildman–Crippen LogP) is 1.93. The minimum absolute atomic E-state index is 0.216. The molecule has 19 heavy (non-hydrogen) atoms. The lowest BCUT2D eigenvalue weighted by atomic mass is 10.0. The summed E-state index contributed by atoms with van der Waals surface area (Å²) >= 11 is 0. The highest BCUT2D eigenvalue weighted by molar-refractivity contribution is 5.21. The molecule has 3 nitrogen and oxygen atoms in total. The average Bonchev–Trinajstić information content (AvgIpc) is 2.36. The first-order valence-electron chi connectivity index (χ1n) is 6.43. The Bertz CT molecular complexity index is 399. The van der Waals surface area contributed by atoms with Crippen molar-refractivity contribution >= 4 is 0 Å². The van der Waals surface area contributed by atoms with Gasteiger partial charge < -0.3 is 15.3 Å². The quantitative estimate of drug-likeness (QED) is 0.745. The van der Waals surface area contributed by atoms with E-state index in [9.17, 15) is 13.9 Å². The fourth-order valence-corrected chi connectivity index (χ4v) is 1.82. The number of aliphatic hydroxyl groups is 1. The molecule has 1 rings (SSSR count). The van der Waals surface area contributed by atoms with Crippen molar-refractivity contribution in [1.29, 1.82) is 0 Å². The van der Waals surface area contributed by atoms with Gasteiger partial charge in [0.2, 0.25) is 0 Å². The van der Waals surface area contributed by atoms with E-state index in [0.717, 1.165) is 31.6 Å². The van der Waals surface area contributed by atoms with Gasteiger partial charge in [0.05, 0.1) is 6.10 Å². The van der Waals surface area contributed by atoms with Gasteiger partial charge in [0.25, 0.3) is 0 Å². The van der Waals surface area contributed by atoms with Crippen molar-refractivity contribution in [2.24, 2.45) is 0 Å². The summed E-state index contributed by atoms with van der Waals surface area (Å²) in [5, 5.41) is 13.2. The number of hydrogen-bond acceptors (Lipinski definition) is 3.